The van der Waals surface area contributed by atoms with Crippen molar-refractivity contribution < 1.29 is 41.7 Å². The SMILES string of the molecule is CCC(C)(C)C(=O)OC.CCC(C)c1ccc(CN(CC(=O)O)CC(=O)O)cc1.CCc1ccc(C(C)CC)cc1.[Cl-]. The van der Waals surface area contributed by atoms with Gasteiger partial charge in [-0.2, -0.15) is 0 Å². The highest BCUT2D eigenvalue weighted by atomic mass is 35.5. The molecule has 8 heteroatoms. The third-order valence-electron chi connectivity index (χ3n) is 7.48. The van der Waals surface area contributed by atoms with Gasteiger partial charge in [0.05, 0.1) is 25.6 Å². The third-order valence-corrected chi connectivity index (χ3v) is 7.48. The number of carbonyl (C=O) groups excluding carboxylic acids is 1. The minimum atomic E-state index is -1.03. The minimum Gasteiger partial charge on any atom is -1.00 e. The second-order valence-corrected chi connectivity index (χ2v) is 11.1. The summed E-state index contributed by atoms with van der Waals surface area (Å²) in [4.78, 5) is 33.7. The second-order valence-electron chi connectivity index (χ2n) is 11.1. The largest absolute Gasteiger partial charge is 1.00 e. The lowest BCUT2D eigenvalue weighted by Gasteiger charge is -2.18. The number of methoxy groups -OCH3 is 1. The summed E-state index contributed by atoms with van der Waals surface area (Å²) in [6, 6.07) is 16.9. The maximum Gasteiger partial charge on any atom is 0.317 e. The molecule has 0 saturated heterocycles. The summed E-state index contributed by atoms with van der Waals surface area (Å²) in [5.74, 6) is -0.996. The van der Waals surface area contributed by atoms with Gasteiger partial charge in [0.2, 0.25) is 0 Å². The fourth-order valence-electron chi connectivity index (χ4n) is 3.73. The Labute approximate surface area is 260 Å². The summed E-state index contributed by atoms with van der Waals surface area (Å²) in [5, 5.41) is 17.6. The fraction of sp³-hybridized carbons (Fsp3) is 0.559. The van der Waals surface area contributed by atoms with Crippen LogP contribution in [0.4, 0.5) is 0 Å². The molecule has 42 heavy (non-hydrogen) atoms. The number of aryl methyl sites for hydroxylation is 1. The molecule has 2 atom stereocenters. The van der Waals surface area contributed by atoms with E-state index in [1.807, 2.05) is 45.0 Å². The summed E-state index contributed by atoms with van der Waals surface area (Å²) >= 11 is 0. The van der Waals surface area contributed by atoms with E-state index in [1.165, 1.54) is 35.1 Å². The molecule has 7 nitrogen and oxygen atoms in total. The van der Waals surface area contributed by atoms with Crippen molar-refractivity contribution in [2.75, 3.05) is 20.2 Å². The Bertz CT molecular complexity index is 1020. The molecular formula is C34H53ClNO6-. The maximum absolute atomic E-state index is 10.8. The molecule has 0 radical (unpaired) electrons. The van der Waals surface area contributed by atoms with E-state index in [0.29, 0.717) is 18.4 Å². The van der Waals surface area contributed by atoms with Gasteiger partial charge in [-0.25, -0.2) is 0 Å². The molecule has 2 aromatic carbocycles. The first-order chi connectivity index (χ1) is 19.2. The van der Waals surface area contributed by atoms with Crippen LogP contribution < -0.4 is 12.4 Å². The zero-order chi connectivity index (χ0) is 31.6. The van der Waals surface area contributed by atoms with Crippen molar-refractivity contribution in [1.82, 2.24) is 4.90 Å². The smallest absolute Gasteiger partial charge is 0.317 e. The number of esters is 1. The van der Waals surface area contributed by atoms with Gasteiger partial charge in [-0.15, -0.1) is 0 Å². The van der Waals surface area contributed by atoms with Crippen molar-refractivity contribution >= 4 is 17.9 Å². The topological polar surface area (TPSA) is 104 Å². The molecule has 0 amide bonds. The Morgan fingerprint density at radius 2 is 1.14 bits per heavy atom. The number of carboxylic acids is 2. The van der Waals surface area contributed by atoms with Crippen molar-refractivity contribution in [2.45, 2.75) is 99.5 Å². The normalized spacial score (nSPS) is 12.0. The van der Waals surface area contributed by atoms with Crippen LogP contribution >= 0.6 is 0 Å². The van der Waals surface area contributed by atoms with Gasteiger partial charge in [0, 0.05) is 6.54 Å². The Balaban J connectivity index is 0. The van der Waals surface area contributed by atoms with E-state index >= 15 is 0 Å². The lowest BCUT2D eigenvalue weighted by Crippen LogP contribution is -3.00. The van der Waals surface area contributed by atoms with E-state index in [9.17, 15) is 14.4 Å². The number of ether oxygens (including phenoxy) is 1. The summed E-state index contributed by atoms with van der Waals surface area (Å²) in [6.45, 7) is 16.5. The van der Waals surface area contributed by atoms with Crippen LogP contribution in [0.15, 0.2) is 48.5 Å². The van der Waals surface area contributed by atoms with Gasteiger partial charge in [-0.3, -0.25) is 19.3 Å². The van der Waals surface area contributed by atoms with Gasteiger partial charge >= 0.3 is 17.9 Å². The van der Waals surface area contributed by atoms with Gasteiger partial charge in [0.1, 0.15) is 0 Å². The van der Waals surface area contributed by atoms with Crippen molar-refractivity contribution in [3.05, 3.63) is 70.8 Å². The number of hydrogen-bond acceptors (Lipinski definition) is 5. The predicted octanol–water partition coefficient (Wildman–Crippen LogP) is 4.53. The van der Waals surface area contributed by atoms with Crippen LogP contribution in [-0.2, 0) is 32.1 Å². The predicted molar refractivity (Wildman–Crippen MR) is 166 cm³/mol. The molecular weight excluding hydrogens is 554 g/mol. The highest BCUT2D eigenvalue weighted by Gasteiger charge is 2.25. The molecule has 0 saturated carbocycles. The molecule has 0 aromatic heterocycles. The maximum atomic E-state index is 10.8. The van der Waals surface area contributed by atoms with Crippen molar-refractivity contribution in [2.24, 2.45) is 5.41 Å². The Kier molecular flexibility index (Phi) is 21.4. The number of carboxylic acid groups (broad SMARTS) is 2. The summed E-state index contributed by atoms with van der Waals surface area (Å²) < 4.78 is 4.57. The zero-order valence-corrected chi connectivity index (χ0v) is 27.8. The van der Waals surface area contributed by atoms with Gasteiger partial charge in [0.25, 0.3) is 0 Å². The van der Waals surface area contributed by atoms with E-state index in [0.717, 1.165) is 24.8 Å². The van der Waals surface area contributed by atoms with Gasteiger partial charge in [-0.1, -0.05) is 90.1 Å². The number of hydrogen-bond donors (Lipinski definition) is 2. The third kappa shape index (κ3) is 16.5. The molecule has 2 unspecified atom stereocenters. The van der Waals surface area contributed by atoms with Crippen LogP contribution in [0.3, 0.4) is 0 Å². The molecule has 0 aliphatic carbocycles. The Hall–Kier alpha value is -2.90. The molecule has 2 rings (SSSR count). The number of halogens is 1. The summed E-state index contributed by atoms with van der Waals surface area (Å²) in [5.41, 5.74) is 4.74. The van der Waals surface area contributed by atoms with E-state index in [-0.39, 0.29) is 36.9 Å². The molecule has 0 aliphatic rings. The first-order valence-electron chi connectivity index (χ1n) is 14.7. The van der Waals surface area contributed by atoms with Crippen LogP contribution in [0.25, 0.3) is 0 Å². The zero-order valence-electron chi connectivity index (χ0n) is 27.1. The number of rotatable bonds is 13. The molecule has 0 bridgehead atoms. The highest BCUT2D eigenvalue weighted by molar-refractivity contribution is 5.75. The van der Waals surface area contributed by atoms with Gasteiger partial charge in [-0.05, 0) is 73.6 Å². The van der Waals surface area contributed by atoms with Crippen LogP contribution in [0, 0.1) is 5.41 Å². The average Bonchev–Trinajstić information content (AvgIpc) is 2.96. The van der Waals surface area contributed by atoms with Crippen molar-refractivity contribution in [3.8, 4) is 0 Å². The molecule has 0 fully saturated rings. The fourth-order valence-corrected chi connectivity index (χ4v) is 3.73. The van der Waals surface area contributed by atoms with Crippen molar-refractivity contribution in [1.29, 1.82) is 0 Å². The first-order valence-corrected chi connectivity index (χ1v) is 14.7. The average molecular weight is 607 g/mol. The quantitative estimate of drug-likeness (QED) is 0.323. The van der Waals surface area contributed by atoms with E-state index in [4.69, 9.17) is 10.2 Å². The van der Waals surface area contributed by atoms with E-state index < -0.39 is 11.9 Å². The number of carbonyl (C=O) groups is 3. The van der Waals surface area contributed by atoms with Crippen LogP contribution in [0.5, 0.6) is 0 Å². The molecule has 2 N–H and O–H groups in total. The molecule has 238 valence electrons. The number of aliphatic carboxylic acids is 2. The van der Waals surface area contributed by atoms with E-state index in [2.05, 4.69) is 63.6 Å². The van der Waals surface area contributed by atoms with E-state index in [1.54, 1.807) is 0 Å². The number of benzene rings is 2. The molecule has 0 aliphatic heterocycles. The summed E-state index contributed by atoms with van der Waals surface area (Å²) in [6.07, 6.45) is 4.25. The lowest BCUT2D eigenvalue weighted by atomic mass is 9.91. The van der Waals surface area contributed by atoms with Crippen molar-refractivity contribution in [3.63, 3.8) is 0 Å². The van der Waals surface area contributed by atoms with Gasteiger partial charge < -0.3 is 27.4 Å². The van der Waals surface area contributed by atoms with Crippen LogP contribution in [0.2, 0.25) is 0 Å². The lowest BCUT2D eigenvalue weighted by molar-refractivity contribution is -0.151. The highest BCUT2D eigenvalue weighted by Crippen LogP contribution is 2.21. The Morgan fingerprint density at radius 3 is 1.40 bits per heavy atom. The molecule has 2 aromatic rings. The Morgan fingerprint density at radius 1 is 0.762 bits per heavy atom. The monoisotopic (exact) mass is 606 g/mol. The minimum absolute atomic E-state index is 0. The molecule has 0 heterocycles. The number of nitrogens with zero attached hydrogens (tertiary/aromatic N) is 1. The standard InChI is InChI=1S/C15H21NO4.C12H18.C7H14O2.ClH/c1-3-11(2)13-6-4-12(5-7-13)8-16(9-14(17)18)10-15(19)20;1-4-10(3)12-8-6-11(5-2)7-9-12;1-5-7(2,3)6(8)9-4;/h4-7,11H,3,8-10H2,1-2H3,(H,17,18)(H,19,20);6-10H,4-5H2,1-3H3;5H2,1-4H3;1H/p-1. The van der Waals surface area contributed by atoms with Crippen LogP contribution in [-0.4, -0.2) is 53.2 Å². The summed E-state index contributed by atoms with van der Waals surface area (Å²) in [7, 11) is 1.42. The second kappa shape index (κ2) is 21.8. The first kappa shape index (κ1) is 41.2. The van der Waals surface area contributed by atoms with Gasteiger partial charge in [0.15, 0.2) is 0 Å². The molecule has 0 spiro atoms. The van der Waals surface area contributed by atoms with Crippen LogP contribution in [0.1, 0.15) is 109 Å².